The van der Waals surface area contributed by atoms with Gasteiger partial charge in [0.05, 0.1) is 13.2 Å². The van der Waals surface area contributed by atoms with Gasteiger partial charge in [0, 0.05) is 21.2 Å². The van der Waals surface area contributed by atoms with Crippen molar-refractivity contribution in [3.8, 4) is 0 Å². The van der Waals surface area contributed by atoms with Gasteiger partial charge in [0.2, 0.25) is 0 Å². The Balaban J connectivity index is 1.55. The van der Waals surface area contributed by atoms with Crippen LogP contribution in [0.4, 0.5) is 0 Å². The third-order valence-corrected chi connectivity index (χ3v) is 12.0. The summed E-state index contributed by atoms with van der Waals surface area (Å²) >= 11 is 0. The standard InChI is InChI=1S/C32H36O4P2/c1-3-27(25-35-37(33,29-17-9-5-10-18-29)30-19-11-6-12-20-30)28(4-2)26-36-38(34,31-21-13-7-14-22-31)32-23-15-8-16-24-32/h5-24,27-28H,3-4,25-26H2,1-2H3. The topological polar surface area (TPSA) is 52.6 Å². The summed E-state index contributed by atoms with van der Waals surface area (Å²) in [7, 11) is -6.57. The zero-order valence-electron chi connectivity index (χ0n) is 22.1. The quantitative estimate of drug-likeness (QED) is 0.171. The smallest absolute Gasteiger partial charge is 0.261 e. The molecule has 0 fully saturated rings. The Kier molecular flexibility index (Phi) is 9.94. The Morgan fingerprint density at radius 2 is 0.711 bits per heavy atom. The molecule has 0 aromatic heterocycles. The van der Waals surface area contributed by atoms with Gasteiger partial charge in [0.15, 0.2) is 0 Å². The van der Waals surface area contributed by atoms with Gasteiger partial charge in [-0.3, -0.25) is 9.13 Å². The molecule has 4 aromatic rings. The molecule has 0 amide bonds. The minimum Gasteiger partial charge on any atom is -0.322 e. The van der Waals surface area contributed by atoms with Gasteiger partial charge in [-0.25, -0.2) is 0 Å². The second-order valence-corrected chi connectivity index (χ2v) is 14.2. The van der Waals surface area contributed by atoms with Crippen LogP contribution in [0, 0.1) is 11.8 Å². The van der Waals surface area contributed by atoms with E-state index in [9.17, 15) is 9.13 Å². The van der Waals surface area contributed by atoms with E-state index < -0.39 is 14.7 Å². The van der Waals surface area contributed by atoms with Gasteiger partial charge >= 0.3 is 0 Å². The maximum Gasteiger partial charge on any atom is 0.261 e. The van der Waals surface area contributed by atoms with Crippen LogP contribution >= 0.6 is 14.7 Å². The van der Waals surface area contributed by atoms with Crippen LogP contribution in [0.5, 0.6) is 0 Å². The van der Waals surface area contributed by atoms with Gasteiger partial charge in [-0.15, -0.1) is 0 Å². The average molecular weight is 547 g/mol. The van der Waals surface area contributed by atoms with Gasteiger partial charge in [0.1, 0.15) is 0 Å². The molecule has 0 aliphatic heterocycles. The minimum absolute atomic E-state index is 0.0840. The van der Waals surface area contributed by atoms with E-state index in [2.05, 4.69) is 13.8 Å². The lowest BCUT2D eigenvalue weighted by atomic mass is 9.89. The maximum atomic E-state index is 14.3. The summed E-state index contributed by atoms with van der Waals surface area (Å²) in [5.74, 6) is 0.168. The first kappa shape index (κ1) is 28.3. The molecule has 0 radical (unpaired) electrons. The van der Waals surface area contributed by atoms with E-state index in [1.165, 1.54) is 0 Å². The summed E-state index contributed by atoms with van der Waals surface area (Å²) in [6.07, 6.45) is 1.65. The average Bonchev–Trinajstić information content (AvgIpc) is 3.00. The molecule has 0 aliphatic rings. The third kappa shape index (κ3) is 6.45. The van der Waals surface area contributed by atoms with Crippen molar-refractivity contribution >= 4 is 36.0 Å². The number of hydrogen-bond acceptors (Lipinski definition) is 4. The lowest BCUT2D eigenvalue weighted by molar-refractivity contribution is 0.142. The van der Waals surface area contributed by atoms with E-state index >= 15 is 0 Å². The summed E-state index contributed by atoms with van der Waals surface area (Å²) in [6.45, 7) is 4.86. The second-order valence-electron chi connectivity index (χ2n) is 9.37. The lowest BCUT2D eigenvalue weighted by Gasteiger charge is -2.29. The van der Waals surface area contributed by atoms with E-state index in [1.54, 1.807) is 0 Å². The molecule has 2 unspecified atom stereocenters. The van der Waals surface area contributed by atoms with Crippen molar-refractivity contribution in [1.82, 2.24) is 0 Å². The molecule has 4 rings (SSSR count). The maximum absolute atomic E-state index is 14.3. The fourth-order valence-electron chi connectivity index (χ4n) is 4.67. The molecule has 4 nitrogen and oxygen atoms in total. The molecule has 0 bridgehead atoms. The van der Waals surface area contributed by atoms with Crippen molar-refractivity contribution in [2.24, 2.45) is 11.8 Å². The Bertz CT molecular complexity index is 1150. The van der Waals surface area contributed by atoms with Crippen molar-refractivity contribution in [2.45, 2.75) is 26.7 Å². The highest BCUT2D eigenvalue weighted by Crippen LogP contribution is 2.47. The number of benzene rings is 4. The summed E-state index contributed by atoms with van der Waals surface area (Å²) in [5, 5.41) is 2.73. The molecule has 0 saturated heterocycles. The van der Waals surface area contributed by atoms with E-state index in [-0.39, 0.29) is 11.8 Å². The molecule has 198 valence electrons. The molecule has 0 spiro atoms. The van der Waals surface area contributed by atoms with E-state index in [4.69, 9.17) is 9.05 Å². The Morgan fingerprint density at radius 1 is 0.474 bits per heavy atom. The van der Waals surface area contributed by atoms with Crippen LogP contribution in [0.2, 0.25) is 0 Å². The molecule has 0 N–H and O–H groups in total. The van der Waals surface area contributed by atoms with Crippen molar-refractivity contribution in [2.75, 3.05) is 13.2 Å². The molecule has 0 heterocycles. The predicted octanol–water partition coefficient (Wildman–Crippen LogP) is 6.93. The van der Waals surface area contributed by atoms with Crippen LogP contribution in [-0.4, -0.2) is 13.2 Å². The Hall–Kier alpha value is -2.74. The highest BCUT2D eigenvalue weighted by atomic mass is 31.2. The van der Waals surface area contributed by atoms with Gasteiger partial charge in [-0.05, 0) is 60.4 Å². The molecule has 4 aromatic carbocycles. The normalized spacial score (nSPS) is 13.6. The molecule has 0 aliphatic carbocycles. The highest BCUT2D eigenvalue weighted by Gasteiger charge is 2.33. The van der Waals surface area contributed by atoms with Crippen molar-refractivity contribution < 1.29 is 18.2 Å². The van der Waals surface area contributed by atoms with E-state index in [0.29, 0.717) is 34.4 Å². The fourth-order valence-corrected chi connectivity index (χ4v) is 8.92. The first-order valence-corrected chi connectivity index (χ1v) is 16.5. The fraction of sp³-hybridized carbons (Fsp3) is 0.250. The number of hydrogen-bond donors (Lipinski definition) is 0. The van der Waals surface area contributed by atoms with Gasteiger partial charge in [-0.2, -0.15) is 0 Å². The van der Waals surface area contributed by atoms with Crippen LogP contribution in [0.15, 0.2) is 121 Å². The highest BCUT2D eigenvalue weighted by molar-refractivity contribution is 7.74. The molecule has 0 saturated carbocycles. The summed E-state index contributed by atoms with van der Waals surface area (Å²) in [5.41, 5.74) is 0. The summed E-state index contributed by atoms with van der Waals surface area (Å²) < 4.78 is 41.4. The van der Waals surface area contributed by atoms with Crippen LogP contribution < -0.4 is 21.2 Å². The van der Waals surface area contributed by atoms with Gasteiger partial charge < -0.3 is 9.05 Å². The SMILES string of the molecule is CCC(COP(=O)(c1ccccc1)c1ccccc1)C(CC)COP(=O)(c1ccccc1)c1ccccc1. The van der Waals surface area contributed by atoms with E-state index in [1.807, 2.05) is 121 Å². The van der Waals surface area contributed by atoms with E-state index in [0.717, 1.165) is 12.8 Å². The molecule has 2 atom stereocenters. The monoisotopic (exact) mass is 546 g/mol. The molecular weight excluding hydrogens is 510 g/mol. The first-order valence-electron chi connectivity index (χ1n) is 13.2. The first-order chi connectivity index (χ1) is 18.5. The van der Waals surface area contributed by atoms with Crippen LogP contribution in [-0.2, 0) is 18.2 Å². The van der Waals surface area contributed by atoms with Crippen molar-refractivity contribution in [3.63, 3.8) is 0 Å². The molecule has 6 heteroatoms. The lowest BCUT2D eigenvalue weighted by Crippen LogP contribution is -2.27. The van der Waals surface area contributed by atoms with Crippen LogP contribution in [0.3, 0.4) is 0 Å². The van der Waals surface area contributed by atoms with Gasteiger partial charge in [0.25, 0.3) is 14.7 Å². The zero-order chi connectivity index (χ0) is 26.8. The predicted molar refractivity (Wildman–Crippen MR) is 159 cm³/mol. The molecular formula is C32H36O4P2. The Labute approximate surface area is 227 Å². The summed E-state index contributed by atoms with van der Waals surface area (Å²) in [4.78, 5) is 0. The second kappa shape index (κ2) is 13.4. The summed E-state index contributed by atoms with van der Waals surface area (Å²) in [6, 6.07) is 37.7. The van der Waals surface area contributed by atoms with Crippen molar-refractivity contribution in [3.05, 3.63) is 121 Å². The van der Waals surface area contributed by atoms with Crippen LogP contribution in [0.25, 0.3) is 0 Å². The Morgan fingerprint density at radius 3 is 0.921 bits per heavy atom. The van der Waals surface area contributed by atoms with Gasteiger partial charge in [-0.1, -0.05) is 99.5 Å². The molecule has 38 heavy (non-hydrogen) atoms. The minimum atomic E-state index is -3.28. The number of rotatable bonds is 13. The third-order valence-electron chi connectivity index (χ3n) is 7.04. The van der Waals surface area contributed by atoms with Crippen molar-refractivity contribution in [1.29, 1.82) is 0 Å². The zero-order valence-corrected chi connectivity index (χ0v) is 23.8. The largest absolute Gasteiger partial charge is 0.322 e. The van der Waals surface area contributed by atoms with Crippen LogP contribution in [0.1, 0.15) is 26.7 Å².